The van der Waals surface area contributed by atoms with Gasteiger partial charge in [-0.15, -0.1) is 0 Å². The molecule has 6 nitrogen and oxygen atoms in total. The Balaban J connectivity index is 0.00000392. The molecule has 28 heavy (non-hydrogen) atoms. The smallest absolute Gasteiger partial charge is 0.326 e. The Kier molecular flexibility index (Phi) is 11.4. The Bertz CT molecular complexity index is 784. The molecule has 1 unspecified atom stereocenters. The maximum atomic E-state index is 12.1. The number of hydrogen-bond acceptors (Lipinski definition) is 5. The monoisotopic (exact) mass is 433 g/mol. The molecule has 0 spiro atoms. The van der Waals surface area contributed by atoms with Gasteiger partial charge in [0.25, 0.3) is 0 Å². The number of aromatic amines is 1. The second-order valence-corrected chi connectivity index (χ2v) is 7.80. The number of carboxylic acid groups (broad SMARTS) is 1. The van der Waals surface area contributed by atoms with Gasteiger partial charge in [-0.25, -0.2) is 4.79 Å². The number of phenolic OH excluding ortho intramolecular Hbond substituents is 1. The van der Waals surface area contributed by atoms with Crippen LogP contribution in [0.3, 0.4) is 0 Å². The molecule has 0 aliphatic carbocycles. The number of phenols is 1. The van der Waals surface area contributed by atoms with Crippen LogP contribution in [0.5, 0.6) is 5.75 Å². The van der Waals surface area contributed by atoms with E-state index in [0.29, 0.717) is 12.8 Å². The van der Waals surface area contributed by atoms with Crippen LogP contribution in [-0.4, -0.2) is 73.7 Å². The molecule has 0 aliphatic heterocycles. The van der Waals surface area contributed by atoms with Crippen molar-refractivity contribution in [3.8, 4) is 5.75 Å². The van der Waals surface area contributed by atoms with E-state index in [1.165, 1.54) is 0 Å². The van der Waals surface area contributed by atoms with Gasteiger partial charge in [-0.2, -0.15) is 25.3 Å². The normalized spacial score (nSPS) is 12.9. The second-order valence-electron chi connectivity index (χ2n) is 6.62. The van der Waals surface area contributed by atoms with Crippen LogP contribution in [0.4, 0.5) is 0 Å². The number of aromatic nitrogens is 1. The Hall–Kier alpha value is -0.800. The van der Waals surface area contributed by atoms with Crippen molar-refractivity contribution >= 4 is 77.6 Å². The van der Waals surface area contributed by atoms with Crippen molar-refractivity contribution in [2.75, 3.05) is 5.75 Å². The van der Waals surface area contributed by atoms with Crippen molar-refractivity contribution in [2.45, 2.75) is 49.8 Å². The van der Waals surface area contributed by atoms with Crippen LogP contribution in [0.2, 0.25) is 0 Å². The van der Waals surface area contributed by atoms with Crippen LogP contribution in [0.25, 0.3) is 10.9 Å². The molecule has 4 N–H and O–H groups in total. The number of aliphatic carboxylic acids is 1. The van der Waals surface area contributed by atoms with Crippen LogP contribution in [0.15, 0.2) is 24.4 Å². The Morgan fingerprint density at radius 1 is 1.21 bits per heavy atom. The number of hydrogen-bond donors (Lipinski definition) is 6. The Labute approximate surface area is 198 Å². The molecule has 0 saturated heterocycles. The minimum Gasteiger partial charge on any atom is -0.508 e. The van der Waals surface area contributed by atoms with Crippen molar-refractivity contribution in [2.24, 2.45) is 0 Å². The standard InChI is InChI=1S/C19H26N2O4S2.Na/c22-13-5-6-16-15(10-13)12(11-20-16)9-17(19(24)25)21-18(23)4-2-1-3-14(27)7-8-26;/h5-6,10-11,14,17,20,22,26-27H,1-4,7-9H2,(H,21,23)(H,24,25);/t14?,17-;/m0./s1. The number of thiol groups is 2. The van der Waals surface area contributed by atoms with E-state index in [-0.39, 0.29) is 52.9 Å². The average molecular weight is 434 g/mol. The average Bonchev–Trinajstić information content (AvgIpc) is 3.00. The number of H-pyrrole nitrogens is 1. The fraction of sp³-hybridized carbons (Fsp3) is 0.474. The number of amides is 1. The summed E-state index contributed by atoms with van der Waals surface area (Å²) in [5.41, 5.74) is 1.54. The molecular weight excluding hydrogens is 407 g/mol. The summed E-state index contributed by atoms with van der Waals surface area (Å²) in [7, 11) is 0. The predicted molar refractivity (Wildman–Crippen MR) is 119 cm³/mol. The summed E-state index contributed by atoms with van der Waals surface area (Å²) in [4.78, 5) is 26.7. The molecule has 1 heterocycles. The molecule has 9 heteroatoms. The number of unbranched alkanes of at least 4 members (excludes halogenated alkanes) is 1. The molecule has 1 aromatic heterocycles. The van der Waals surface area contributed by atoms with Crippen LogP contribution in [0, 0.1) is 0 Å². The van der Waals surface area contributed by atoms with Gasteiger partial charge in [0.05, 0.1) is 0 Å². The first kappa shape index (κ1) is 25.2. The predicted octanol–water partition coefficient (Wildman–Crippen LogP) is 2.78. The molecule has 2 aromatic rings. The molecule has 0 aliphatic rings. The zero-order valence-electron chi connectivity index (χ0n) is 16.0. The van der Waals surface area contributed by atoms with Gasteiger partial charge in [0.1, 0.15) is 11.8 Å². The van der Waals surface area contributed by atoms with E-state index < -0.39 is 12.0 Å². The zero-order valence-corrected chi connectivity index (χ0v) is 19.8. The van der Waals surface area contributed by atoms with Crippen LogP contribution >= 0.6 is 25.3 Å². The number of rotatable bonds is 11. The molecular formula is C19H26N2NaO4S2. The van der Waals surface area contributed by atoms with E-state index in [0.717, 1.165) is 41.5 Å². The van der Waals surface area contributed by atoms with Crippen LogP contribution in [0.1, 0.15) is 37.7 Å². The quantitative estimate of drug-likeness (QED) is 0.186. The summed E-state index contributed by atoms with van der Waals surface area (Å²) in [6.07, 6.45) is 5.56. The topological polar surface area (TPSA) is 102 Å². The van der Waals surface area contributed by atoms with Gasteiger partial charge in [0.15, 0.2) is 0 Å². The van der Waals surface area contributed by atoms with Crippen molar-refractivity contribution in [3.63, 3.8) is 0 Å². The van der Waals surface area contributed by atoms with Crippen molar-refractivity contribution in [1.82, 2.24) is 10.3 Å². The summed E-state index contributed by atoms with van der Waals surface area (Å²) < 4.78 is 0. The van der Waals surface area contributed by atoms with E-state index in [2.05, 4.69) is 35.6 Å². The Morgan fingerprint density at radius 3 is 2.64 bits per heavy atom. The first-order valence-corrected chi connectivity index (χ1v) is 10.2. The number of aromatic hydroxyl groups is 1. The Morgan fingerprint density at radius 2 is 1.96 bits per heavy atom. The number of fused-ring (bicyclic) bond motifs is 1. The van der Waals surface area contributed by atoms with Gasteiger partial charge in [-0.1, -0.05) is 6.42 Å². The van der Waals surface area contributed by atoms with Gasteiger partial charge in [0.2, 0.25) is 5.91 Å². The first-order valence-electron chi connectivity index (χ1n) is 9.00. The first-order chi connectivity index (χ1) is 12.9. The minimum atomic E-state index is -1.08. The number of benzene rings is 1. The maximum Gasteiger partial charge on any atom is 0.326 e. The largest absolute Gasteiger partial charge is 0.508 e. The molecule has 1 aromatic carbocycles. The molecule has 1 amide bonds. The molecule has 2 rings (SSSR count). The fourth-order valence-electron chi connectivity index (χ4n) is 2.98. The maximum absolute atomic E-state index is 12.1. The number of carbonyl (C=O) groups is 2. The molecule has 0 saturated carbocycles. The van der Waals surface area contributed by atoms with Crippen LogP contribution in [-0.2, 0) is 16.0 Å². The molecule has 149 valence electrons. The number of nitrogens with one attached hydrogen (secondary N) is 2. The number of carbonyl (C=O) groups excluding carboxylic acids is 1. The summed E-state index contributed by atoms with van der Waals surface area (Å²) in [5, 5.41) is 22.7. The van der Waals surface area contributed by atoms with Crippen molar-refractivity contribution in [3.05, 3.63) is 30.0 Å². The fourth-order valence-corrected chi connectivity index (χ4v) is 3.81. The summed E-state index contributed by atoms with van der Waals surface area (Å²) >= 11 is 8.63. The molecule has 0 bridgehead atoms. The van der Waals surface area contributed by atoms with Gasteiger partial charge >= 0.3 is 5.97 Å². The van der Waals surface area contributed by atoms with Crippen molar-refractivity contribution < 1.29 is 19.8 Å². The van der Waals surface area contributed by atoms with E-state index in [4.69, 9.17) is 0 Å². The van der Waals surface area contributed by atoms with Gasteiger partial charge in [-0.05, 0) is 48.8 Å². The van der Waals surface area contributed by atoms with Crippen LogP contribution < -0.4 is 5.32 Å². The molecule has 0 fully saturated rings. The summed E-state index contributed by atoms with van der Waals surface area (Å²) in [6, 6.07) is 3.86. The van der Waals surface area contributed by atoms with E-state index in [1.807, 2.05) is 0 Å². The third kappa shape index (κ3) is 7.91. The van der Waals surface area contributed by atoms with Gasteiger partial charge < -0.3 is 20.5 Å². The molecule has 2 atom stereocenters. The van der Waals surface area contributed by atoms with E-state index >= 15 is 0 Å². The van der Waals surface area contributed by atoms with E-state index in [9.17, 15) is 19.8 Å². The van der Waals surface area contributed by atoms with Gasteiger partial charge in [-0.3, -0.25) is 4.79 Å². The SMILES string of the molecule is O=C(CCCCC(S)CCS)N[C@@H](Cc1c[nH]c2ccc(O)cc12)C(=O)O.[Na]. The zero-order chi connectivity index (χ0) is 19.8. The minimum absolute atomic E-state index is 0. The third-order valence-electron chi connectivity index (χ3n) is 4.46. The van der Waals surface area contributed by atoms with Gasteiger partial charge in [0, 0.05) is 64.7 Å². The number of carboxylic acids is 1. The molecule has 1 radical (unpaired) electrons. The van der Waals surface area contributed by atoms with E-state index in [1.54, 1.807) is 24.4 Å². The summed E-state index contributed by atoms with van der Waals surface area (Å²) in [5.74, 6) is -0.447. The third-order valence-corrected chi connectivity index (χ3v) is 5.24. The second kappa shape index (κ2) is 12.7. The van der Waals surface area contributed by atoms with Crippen molar-refractivity contribution in [1.29, 1.82) is 0 Å². The summed E-state index contributed by atoms with van der Waals surface area (Å²) in [6.45, 7) is 0.